The monoisotopic (exact) mass is 403 g/mol. The van der Waals surface area contributed by atoms with Crippen LogP contribution in [0.5, 0.6) is 0 Å². The van der Waals surface area contributed by atoms with Gasteiger partial charge in [-0.3, -0.25) is 0 Å². The van der Waals surface area contributed by atoms with Gasteiger partial charge in [0.15, 0.2) is 0 Å². The number of rotatable bonds is 3. The molecule has 0 spiro atoms. The summed E-state index contributed by atoms with van der Waals surface area (Å²) < 4.78 is 35.3. The van der Waals surface area contributed by atoms with Gasteiger partial charge in [-0.05, 0) is 37.6 Å². The lowest BCUT2D eigenvalue weighted by Gasteiger charge is -2.18. The maximum absolute atomic E-state index is 13.8. The van der Waals surface area contributed by atoms with E-state index in [0.29, 0.717) is 11.2 Å². The van der Waals surface area contributed by atoms with Crippen molar-refractivity contribution in [3.05, 3.63) is 101 Å². The van der Waals surface area contributed by atoms with Crippen LogP contribution in [0.3, 0.4) is 0 Å². The number of aryl methyl sites for hydroxylation is 1. The molecule has 0 aliphatic carbocycles. The third kappa shape index (κ3) is 2.73. The molecule has 0 saturated carbocycles. The molecular weight excluding hydrogens is 382 g/mol. The van der Waals surface area contributed by atoms with Crippen molar-refractivity contribution in [2.75, 3.05) is 0 Å². The van der Waals surface area contributed by atoms with Crippen molar-refractivity contribution in [1.29, 1.82) is 0 Å². The fourth-order valence-electron chi connectivity index (χ4n) is 4.21. The molecule has 146 valence electrons. The highest BCUT2D eigenvalue weighted by Gasteiger charge is 2.39. The number of fused-ring (bicyclic) bond motifs is 3. The first-order valence-corrected chi connectivity index (χ1v) is 11.1. The van der Waals surface area contributed by atoms with Gasteiger partial charge in [0.05, 0.1) is 22.2 Å². The highest BCUT2D eigenvalue weighted by atomic mass is 32.2. The molecule has 2 atom stereocenters. The van der Waals surface area contributed by atoms with E-state index in [4.69, 9.17) is 4.74 Å². The normalized spacial score (nSPS) is 18.8. The predicted molar refractivity (Wildman–Crippen MR) is 113 cm³/mol. The average Bonchev–Trinajstić information content (AvgIpc) is 3.25. The Labute approximate surface area is 170 Å². The molecule has 4 aromatic rings. The molecule has 0 radical (unpaired) electrons. The van der Waals surface area contributed by atoms with Crippen molar-refractivity contribution >= 4 is 20.9 Å². The minimum Gasteiger partial charge on any atom is -0.359 e. The third-order valence-electron chi connectivity index (χ3n) is 5.56. The zero-order valence-corrected chi connectivity index (χ0v) is 17.1. The maximum Gasteiger partial charge on any atom is 0.268 e. The number of nitrogens with zero attached hydrogens (tertiary/aromatic N) is 1. The molecule has 4 nitrogen and oxygen atoms in total. The van der Waals surface area contributed by atoms with Crippen LogP contribution in [0.25, 0.3) is 10.9 Å². The second-order valence-electron chi connectivity index (χ2n) is 7.47. The molecule has 1 aromatic heterocycles. The molecule has 0 amide bonds. The van der Waals surface area contributed by atoms with Crippen molar-refractivity contribution in [3.63, 3.8) is 0 Å². The summed E-state index contributed by atoms with van der Waals surface area (Å²) in [6.45, 7) is 3.93. The molecule has 1 aliphatic rings. The fraction of sp³-hybridized carbons (Fsp3) is 0.167. The zero-order valence-electron chi connectivity index (χ0n) is 16.2. The Bertz CT molecular complexity index is 1310. The smallest absolute Gasteiger partial charge is 0.268 e. The number of hydrogen-bond acceptors (Lipinski definition) is 3. The highest BCUT2D eigenvalue weighted by Crippen LogP contribution is 2.48. The molecule has 29 heavy (non-hydrogen) atoms. The first-order chi connectivity index (χ1) is 14.0. The van der Waals surface area contributed by atoms with Gasteiger partial charge in [0, 0.05) is 10.9 Å². The lowest BCUT2D eigenvalue weighted by atomic mass is 10.0. The topological polar surface area (TPSA) is 48.3 Å². The fourth-order valence-corrected chi connectivity index (χ4v) is 5.77. The van der Waals surface area contributed by atoms with Gasteiger partial charge in [0.25, 0.3) is 10.0 Å². The summed E-state index contributed by atoms with van der Waals surface area (Å²) in [5.74, 6) is 0. The van der Waals surface area contributed by atoms with Crippen molar-refractivity contribution in [3.8, 4) is 0 Å². The largest absolute Gasteiger partial charge is 0.359 e. The number of aromatic nitrogens is 1. The second-order valence-corrected chi connectivity index (χ2v) is 9.25. The van der Waals surface area contributed by atoms with Gasteiger partial charge in [0.1, 0.15) is 6.10 Å². The van der Waals surface area contributed by atoms with E-state index >= 15 is 0 Å². The summed E-state index contributed by atoms with van der Waals surface area (Å²) in [5, 5.41) is 0.920. The van der Waals surface area contributed by atoms with Crippen LogP contribution in [0.1, 0.15) is 41.5 Å². The Kier molecular flexibility index (Phi) is 4.12. The summed E-state index contributed by atoms with van der Waals surface area (Å²) in [6, 6.07) is 24.4. The first-order valence-electron chi connectivity index (χ1n) is 9.64. The van der Waals surface area contributed by atoms with Gasteiger partial charge in [-0.1, -0.05) is 66.2 Å². The van der Waals surface area contributed by atoms with Crippen molar-refractivity contribution in [1.82, 2.24) is 3.97 Å². The van der Waals surface area contributed by atoms with Gasteiger partial charge in [-0.15, -0.1) is 0 Å². The molecule has 0 N–H and O–H groups in total. The molecule has 0 bridgehead atoms. The Morgan fingerprint density at radius 2 is 1.52 bits per heavy atom. The van der Waals surface area contributed by atoms with Crippen LogP contribution >= 0.6 is 0 Å². The van der Waals surface area contributed by atoms with E-state index in [9.17, 15) is 8.42 Å². The zero-order chi connectivity index (χ0) is 20.2. The van der Waals surface area contributed by atoms with Crippen molar-refractivity contribution in [2.45, 2.75) is 31.0 Å². The van der Waals surface area contributed by atoms with E-state index in [1.54, 1.807) is 12.1 Å². The molecule has 2 unspecified atom stereocenters. The molecule has 5 rings (SSSR count). The van der Waals surface area contributed by atoms with Crippen LogP contribution in [0.15, 0.2) is 83.8 Å². The quantitative estimate of drug-likeness (QED) is 0.462. The van der Waals surface area contributed by atoms with Crippen LogP contribution in [0.2, 0.25) is 0 Å². The van der Waals surface area contributed by atoms with Crippen LogP contribution in [-0.4, -0.2) is 12.4 Å². The summed E-state index contributed by atoms with van der Waals surface area (Å²) in [6.07, 6.45) is -0.636. The van der Waals surface area contributed by atoms with Gasteiger partial charge in [-0.2, -0.15) is 0 Å². The number of benzene rings is 3. The van der Waals surface area contributed by atoms with Gasteiger partial charge < -0.3 is 4.74 Å². The van der Waals surface area contributed by atoms with E-state index in [1.165, 1.54) is 3.97 Å². The van der Waals surface area contributed by atoms with E-state index in [0.717, 1.165) is 22.1 Å². The maximum atomic E-state index is 13.8. The minimum atomic E-state index is -3.79. The van der Waals surface area contributed by atoms with Crippen molar-refractivity contribution < 1.29 is 13.2 Å². The molecule has 0 saturated heterocycles. The standard InChI is InChI=1S/C24H21NO3S/c1-16-12-14-19(15-13-16)29(26,27)25-21-11-7-6-10-20(21)22-17(2)28-24(23(22)25)18-8-4-3-5-9-18/h3-15,17,24H,1-2H3. The Balaban J connectivity index is 1.84. The number of ether oxygens (including phenoxy) is 1. The van der Waals surface area contributed by atoms with E-state index in [-0.39, 0.29) is 11.0 Å². The Hall–Kier alpha value is -2.89. The molecule has 5 heteroatoms. The molecule has 0 fully saturated rings. The Morgan fingerprint density at radius 1 is 0.862 bits per heavy atom. The van der Waals surface area contributed by atoms with Crippen LogP contribution in [0.4, 0.5) is 0 Å². The number of para-hydroxylation sites is 1. The lowest BCUT2D eigenvalue weighted by molar-refractivity contribution is 0.0440. The Morgan fingerprint density at radius 3 is 2.24 bits per heavy atom. The average molecular weight is 404 g/mol. The summed E-state index contributed by atoms with van der Waals surface area (Å²) >= 11 is 0. The lowest BCUT2D eigenvalue weighted by Crippen LogP contribution is -2.17. The molecule has 3 aromatic carbocycles. The van der Waals surface area contributed by atoms with Crippen molar-refractivity contribution in [2.24, 2.45) is 0 Å². The third-order valence-corrected chi connectivity index (χ3v) is 7.31. The molecule has 1 aliphatic heterocycles. The first kappa shape index (κ1) is 18.2. The van der Waals surface area contributed by atoms with Crippen LogP contribution in [0, 0.1) is 6.92 Å². The van der Waals surface area contributed by atoms with Crippen LogP contribution < -0.4 is 0 Å². The van der Waals surface area contributed by atoms with Gasteiger partial charge in [0.2, 0.25) is 0 Å². The van der Waals surface area contributed by atoms with Gasteiger partial charge >= 0.3 is 0 Å². The minimum absolute atomic E-state index is 0.199. The van der Waals surface area contributed by atoms with Gasteiger partial charge in [-0.25, -0.2) is 12.4 Å². The molecular formula is C24H21NO3S. The summed E-state index contributed by atoms with van der Waals surface area (Å²) in [7, 11) is -3.79. The SMILES string of the molecule is Cc1ccc(S(=O)(=O)n2c3c(c4ccccc42)C(C)OC3c2ccccc2)cc1. The predicted octanol–water partition coefficient (Wildman–Crippen LogP) is 5.37. The van der Waals surface area contributed by atoms with E-state index < -0.39 is 16.1 Å². The summed E-state index contributed by atoms with van der Waals surface area (Å²) in [5.41, 5.74) is 4.30. The summed E-state index contributed by atoms with van der Waals surface area (Å²) in [4.78, 5) is 0.276. The van der Waals surface area contributed by atoms with Crippen LogP contribution in [-0.2, 0) is 14.8 Å². The van der Waals surface area contributed by atoms with E-state index in [2.05, 4.69) is 0 Å². The number of hydrogen-bond donors (Lipinski definition) is 0. The second kappa shape index (κ2) is 6.58. The molecule has 2 heterocycles. The highest BCUT2D eigenvalue weighted by molar-refractivity contribution is 7.90. The van der Waals surface area contributed by atoms with E-state index in [1.807, 2.05) is 80.6 Å².